The number of piperidine rings is 1. The lowest BCUT2D eigenvalue weighted by atomic mass is 10.2. The van der Waals surface area contributed by atoms with Crippen molar-refractivity contribution in [1.29, 1.82) is 0 Å². The Labute approximate surface area is 160 Å². The second-order valence-electron chi connectivity index (χ2n) is 7.47. The molecule has 0 spiro atoms. The van der Waals surface area contributed by atoms with Crippen molar-refractivity contribution >= 4 is 0 Å². The third kappa shape index (κ3) is 4.48. The molecule has 2 aromatic rings. The number of halogens is 3. The molecule has 2 aliphatic rings. The maximum absolute atomic E-state index is 12.3. The fourth-order valence-electron chi connectivity index (χ4n) is 4.22. The number of likely N-dealkylation sites (tertiary alicyclic amines) is 1. The van der Waals surface area contributed by atoms with Crippen molar-refractivity contribution in [2.75, 3.05) is 19.6 Å². The monoisotopic (exact) mass is 396 g/mol. The Hall–Kier alpha value is -2.10. The summed E-state index contributed by atoms with van der Waals surface area (Å²) in [6, 6.07) is 6.07. The minimum atomic E-state index is -4.67. The van der Waals surface area contributed by atoms with Gasteiger partial charge in [-0.15, -0.1) is 13.2 Å². The predicted octanol–water partition coefficient (Wildman–Crippen LogP) is 2.20. The summed E-state index contributed by atoms with van der Waals surface area (Å²) in [4.78, 5) is 6.65. The van der Waals surface area contributed by atoms with Gasteiger partial charge in [0.1, 0.15) is 18.3 Å². The standard InChI is InChI=1S/C19H23F3N4O2/c20-19(21,22)28-14-3-1-2-13(6-14)7-23-8-15-16-9-25(10-17(15)16)11-18-24-4-5-26(18)12-27/h1-6,15-17,23,27H,7-12H2. The zero-order valence-corrected chi connectivity index (χ0v) is 15.3. The second kappa shape index (κ2) is 7.73. The van der Waals surface area contributed by atoms with Crippen LogP contribution >= 0.6 is 0 Å². The highest BCUT2D eigenvalue weighted by molar-refractivity contribution is 5.28. The molecule has 1 aliphatic heterocycles. The number of nitrogens with one attached hydrogen (secondary N) is 1. The quantitative estimate of drug-likeness (QED) is 0.716. The molecular weight excluding hydrogens is 373 g/mol. The molecule has 2 atom stereocenters. The number of ether oxygens (including phenoxy) is 1. The van der Waals surface area contributed by atoms with E-state index in [1.807, 2.05) is 0 Å². The van der Waals surface area contributed by atoms with Crippen LogP contribution in [0.2, 0.25) is 0 Å². The number of alkyl halides is 3. The van der Waals surface area contributed by atoms with Crippen molar-refractivity contribution in [2.45, 2.75) is 26.2 Å². The first kappa shape index (κ1) is 19.2. The molecule has 6 nitrogen and oxygen atoms in total. The Bertz CT molecular complexity index is 798. The third-order valence-corrected chi connectivity index (χ3v) is 5.61. The summed E-state index contributed by atoms with van der Waals surface area (Å²) < 4.78 is 42.6. The van der Waals surface area contributed by atoms with Gasteiger partial charge in [-0.05, 0) is 42.0 Å². The largest absolute Gasteiger partial charge is 0.573 e. The van der Waals surface area contributed by atoms with Gasteiger partial charge in [-0.25, -0.2) is 4.98 Å². The normalized spacial score (nSPS) is 24.4. The van der Waals surface area contributed by atoms with Crippen LogP contribution in [0.25, 0.3) is 0 Å². The molecule has 1 aromatic carbocycles. The minimum Gasteiger partial charge on any atom is -0.406 e. The summed E-state index contributed by atoms with van der Waals surface area (Å²) >= 11 is 0. The highest BCUT2D eigenvalue weighted by atomic mass is 19.4. The number of nitrogens with zero attached hydrogens (tertiary/aromatic N) is 3. The number of hydrogen-bond donors (Lipinski definition) is 2. The van der Waals surface area contributed by atoms with Crippen LogP contribution in [0.3, 0.4) is 0 Å². The lowest BCUT2D eigenvalue weighted by Crippen LogP contribution is -2.28. The first-order valence-corrected chi connectivity index (χ1v) is 9.31. The number of rotatable bonds is 8. The van der Waals surface area contributed by atoms with Crippen molar-refractivity contribution in [1.82, 2.24) is 19.8 Å². The number of aromatic nitrogens is 2. The van der Waals surface area contributed by atoms with E-state index in [2.05, 4.69) is 19.9 Å². The summed E-state index contributed by atoms with van der Waals surface area (Å²) in [7, 11) is 0. The Balaban J connectivity index is 1.19. The molecule has 2 fully saturated rings. The summed E-state index contributed by atoms with van der Waals surface area (Å²) in [5.74, 6) is 2.62. The molecule has 4 rings (SSSR count). The summed E-state index contributed by atoms with van der Waals surface area (Å²) in [5.41, 5.74) is 0.769. The van der Waals surface area contributed by atoms with Gasteiger partial charge >= 0.3 is 6.36 Å². The van der Waals surface area contributed by atoms with Crippen LogP contribution in [0.4, 0.5) is 13.2 Å². The molecule has 28 heavy (non-hydrogen) atoms. The Morgan fingerprint density at radius 2 is 2.04 bits per heavy atom. The van der Waals surface area contributed by atoms with E-state index >= 15 is 0 Å². The number of hydrogen-bond acceptors (Lipinski definition) is 5. The molecule has 0 bridgehead atoms. The van der Waals surface area contributed by atoms with Gasteiger partial charge in [0.2, 0.25) is 0 Å². The van der Waals surface area contributed by atoms with Crippen LogP contribution in [-0.4, -0.2) is 45.6 Å². The molecule has 2 unspecified atom stereocenters. The zero-order chi connectivity index (χ0) is 19.7. The third-order valence-electron chi connectivity index (χ3n) is 5.61. The van der Waals surface area contributed by atoms with Crippen LogP contribution in [0.15, 0.2) is 36.7 Å². The zero-order valence-electron chi connectivity index (χ0n) is 15.3. The van der Waals surface area contributed by atoms with Gasteiger partial charge < -0.3 is 19.7 Å². The van der Waals surface area contributed by atoms with Crippen LogP contribution in [0, 0.1) is 17.8 Å². The van der Waals surface area contributed by atoms with E-state index in [1.54, 1.807) is 29.1 Å². The average Bonchev–Trinajstić information content (AvgIpc) is 3.00. The number of aliphatic hydroxyl groups excluding tert-OH is 1. The maximum Gasteiger partial charge on any atom is 0.573 e. The van der Waals surface area contributed by atoms with Gasteiger partial charge in [0, 0.05) is 32.0 Å². The predicted molar refractivity (Wildman–Crippen MR) is 95.0 cm³/mol. The first-order valence-electron chi connectivity index (χ1n) is 9.31. The highest BCUT2D eigenvalue weighted by Gasteiger charge is 2.54. The lowest BCUT2D eigenvalue weighted by molar-refractivity contribution is -0.274. The van der Waals surface area contributed by atoms with Gasteiger partial charge in [-0.1, -0.05) is 12.1 Å². The molecule has 1 aromatic heterocycles. The summed E-state index contributed by atoms with van der Waals surface area (Å²) in [6.45, 7) is 4.10. The molecular formula is C19H23F3N4O2. The number of benzene rings is 1. The van der Waals surface area contributed by atoms with Crippen molar-refractivity contribution < 1.29 is 23.0 Å². The highest BCUT2D eigenvalue weighted by Crippen LogP contribution is 2.51. The number of fused-ring (bicyclic) bond motifs is 1. The lowest BCUT2D eigenvalue weighted by Gasteiger charge is -2.19. The van der Waals surface area contributed by atoms with Crippen molar-refractivity contribution in [3.63, 3.8) is 0 Å². The van der Waals surface area contributed by atoms with Crippen LogP contribution < -0.4 is 10.1 Å². The van der Waals surface area contributed by atoms with Gasteiger partial charge in [0.15, 0.2) is 0 Å². The van der Waals surface area contributed by atoms with Gasteiger partial charge in [0.25, 0.3) is 0 Å². The molecule has 2 heterocycles. The molecule has 2 N–H and O–H groups in total. The fraction of sp³-hybridized carbons (Fsp3) is 0.526. The van der Waals surface area contributed by atoms with E-state index in [0.29, 0.717) is 24.3 Å². The molecule has 1 aliphatic carbocycles. The van der Waals surface area contributed by atoms with E-state index in [1.165, 1.54) is 12.1 Å². The Morgan fingerprint density at radius 1 is 1.25 bits per heavy atom. The number of aliphatic hydroxyl groups is 1. The summed E-state index contributed by atoms with van der Waals surface area (Å²) in [6.07, 6.45) is -1.20. The van der Waals surface area contributed by atoms with Crippen LogP contribution in [0.1, 0.15) is 11.4 Å². The molecule has 0 amide bonds. The topological polar surface area (TPSA) is 62.5 Å². The van der Waals surface area contributed by atoms with Crippen LogP contribution in [0.5, 0.6) is 5.75 Å². The van der Waals surface area contributed by atoms with E-state index in [9.17, 15) is 18.3 Å². The van der Waals surface area contributed by atoms with Gasteiger partial charge in [-0.3, -0.25) is 4.90 Å². The fourth-order valence-corrected chi connectivity index (χ4v) is 4.22. The van der Waals surface area contributed by atoms with E-state index < -0.39 is 6.36 Å². The van der Waals surface area contributed by atoms with Crippen molar-refractivity contribution in [2.24, 2.45) is 17.8 Å². The molecule has 1 saturated carbocycles. The van der Waals surface area contributed by atoms with E-state index in [-0.39, 0.29) is 12.5 Å². The molecule has 1 saturated heterocycles. The van der Waals surface area contributed by atoms with Gasteiger partial charge in [-0.2, -0.15) is 0 Å². The van der Waals surface area contributed by atoms with Crippen molar-refractivity contribution in [3.8, 4) is 5.75 Å². The van der Waals surface area contributed by atoms with E-state index in [4.69, 9.17) is 0 Å². The number of imidazole rings is 1. The Kier molecular flexibility index (Phi) is 5.31. The van der Waals surface area contributed by atoms with Crippen LogP contribution in [-0.2, 0) is 19.8 Å². The van der Waals surface area contributed by atoms with E-state index in [0.717, 1.165) is 37.6 Å². The summed E-state index contributed by atoms with van der Waals surface area (Å²) in [5, 5.41) is 12.6. The second-order valence-corrected chi connectivity index (χ2v) is 7.47. The molecule has 0 radical (unpaired) electrons. The average molecular weight is 396 g/mol. The first-order chi connectivity index (χ1) is 13.4. The SMILES string of the molecule is OCn1ccnc1CN1CC2C(CNCc3cccc(OC(F)(F)F)c3)C2C1. The minimum absolute atomic E-state index is 0.0578. The van der Waals surface area contributed by atoms with Gasteiger partial charge in [0.05, 0.1) is 6.54 Å². The Morgan fingerprint density at radius 3 is 2.75 bits per heavy atom. The smallest absolute Gasteiger partial charge is 0.406 e. The molecule has 152 valence electrons. The maximum atomic E-state index is 12.3. The van der Waals surface area contributed by atoms with Crippen molar-refractivity contribution in [3.05, 3.63) is 48.0 Å². The molecule has 9 heteroatoms.